The molecule has 0 aliphatic rings. The Labute approximate surface area is 127 Å². The van der Waals surface area contributed by atoms with Crippen molar-refractivity contribution >= 4 is 22.6 Å². The summed E-state index contributed by atoms with van der Waals surface area (Å²) in [6.45, 7) is 0.463. The maximum atomic E-state index is 8.59. The van der Waals surface area contributed by atoms with Crippen molar-refractivity contribution < 1.29 is 4.74 Å². The van der Waals surface area contributed by atoms with Gasteiger partial charge in [0.2, 0.25) is 0 Å². The van der Waals surface area contributed by atoms with E-state index in [9.17, 15) is 0 Å². The number of amidine groups is 1. The molecule has 6 nitrogen and oxygen atoms in total. The molecule has 1 aromatic heterocycles. The zero-order valence-corrected chi connectivity index (χ0v) is 12.6. The van der Waals surface area contributed by atoms with E-state index in [2.05, 4.69) is 15.4 Å². The lowest BCUT2D eigenvalue weighted by Crippen LogP contribution is -2.12. The molecule has 0 fully saturated rings. The quantitative estimate of drug-likeness (QED) is 0.406. The van der Waals surface area contributed by atoms with Gasteiger partial charge in [-0.3, -0.25) is 10.00 Å². The molecule has 2 aromatic rings. The van der Waals surface area contributed by atoms with E-state index in [4.69, 9.17) is 10.00 Å². The van der Waals surface area contributed by atoms with Crippen molar-refractivity contribution in [1.29, 1.82) is 5.26 Å². The topological polar surface area (TPSA) is 75.2 Å². The number of nitrogens with one attached hydrogen (secondary N) is 1. The summed E-state index contributed by atoms with van der Waals surface area (Å²) in [5.74, 6) is 0.758. The van der Waals surface area contributed by atoms with Crippen molar-refractivity contribution in [3.05, 3.63) is 42.2 Å². The highest BCUT2D eigenvalue weighted by atomic mass is 32.2. The fourth-order valence-corrected chi connectivity index (χ4v) is 1.95. The summed E-state index contributed by atoms with van der Waals surface area (Å²) in [5, 5.41) is 15.8. The molecule has 1 heterocycles. The predicted octanol–water partition coefficient (Wildman–Crippen LogP) is 2.42. The fourth-order valence-electron chi connectivity index (χ4n) is 1.61. The average Bonchev–Trinajstić information content (AvgIpc) is 2.91. The van der Waals surface area contributed by atoms with Crippen LogP contribution in [0.5, 0.6) is 5.75 Å². The molecule has 0 saturated heterocycles. The van der Waals surface area contributed by atoms with Gasteiger partial charge in [-0.05, 0) is 36.6 Å². The summed E-state index contributed by atoms with van der Waals surface area (Å²) in [6.07, 6.45) is 5.45. The van der Waals surface area contributed by atoms with Gasteiger partial charge in [0.25, 0.3) is 0 Å². The second kappa shape index (κ2) is 7.36. The zero-order valence-electron chi connectivity index (χ0n) is 11.8. The van der Waals surface area contributed by atoms with Crippen molar-refractivity contribution in [1.82, 2.24) is 15.1 Å². The van der Waals surface area contributed by atoms with E-state index >= 15 is 0 Å². The zero-order chi connectivity index (χ0) is 15.1. The monoisotopic (exact) mass is 301 g/mol. The van der Waals surface area contributed by atoms with Crippen LogP contribution in [-0.2, 0) is 13.7 Å². The van der Waals surface area contributed by atoms with Gasteiger partial charge in [0.1, 0.15) is 12.4 Å². The van der Waals surface area contributed by atoms with Crippen LogP contribution in [0.25, 0.3) is 0 Å². The summed E-state index contributed by atoms with van der Waals surface area (Å²) in [6, 6.07) is 9.29. The first-order valence-corrected chi connectivity index (χ1v) is 7.43. The van der Waals surface area contributed by atoms with Crippen LogP contribution >= 0.6 is 11.8 Å². The first kappa shape index (κ1) is 14.9. The Morgan fingerprint density at radius 3 is 2.76 bits per heavy atom. The minimum absolute atomic E-state index is 0.463. The van der Waals surface area contributed by atoms with Crippen LogP contribution in [0.4, 0.5) is 5.69 Å². The van der Waals surface area contributed by atoms with Crippen LogP contribution in [0.3, 0.4) is 0 Å². The number of aromatic nitrogens is 2. The molecule has 7 heteroatoms. The summed E-state index contributed by atoms with van der Waals surface area (Å²) in [4.78, 5) is 4.31. The molecule has 0 bridgehead atoms. The van der Waals surface area contributed by atoms with E-state index < -0.39 is 0 Å². The van der Waals surface area contributed by atoms with Crippen LogP contribution in [-0.4, -0.2) is 21.2 Å². The Morgan fingerprint density at radius 1 is 1.43 bits per heavy atom. The largest absolute Gasteiger partial charge is 0.487 e. The van der Waals surface area contributed by atoms with E-state index in [1.807, 2.05) is 49.8 Å². The number of rotatable bonds is 4. The van der Waals surface area contributed by atoms with Gasteiger partial charge in [-0.15, -0.1) is 0 Å². The number of aliphatic imine (C=N–C) groups is 1. The molecular weight excluding hydrogens is 286 g/mol. The predicted molar refractivity (Wildman–Crippen MR) is 83.3 cm³/mol. The summed E-state index contributed by atoms with van der Waals surface area (Å²) >= 11 is 1.38. The van der Waals surface area contributed by atoms with Crippen LogP contribution in [0, 0.1) is 11.5 Å². The molecule has 0 saturated carbocycles. The number of thioether (sulfide) groups is 1. The van der Waals surface area contributed by atoms with Gasteiger partial charge in [-0.1, -0.05) is 11.8 Å². The molecule has 0 aliphatic heterocycles. The molecule has 1 N–H and O–H groups in total. The standard InChI is InChI=1S/C14H15N5OS/c1-19-12(7-8-17-19)9-20-13-5-3-11(4-6-13)18-14(21-2)16-10-15/h3-8H,9H2,1-2H3,(H,16,18). The van der Waals surface area contributed by atoms with Crippen molar-refractivity contribution in [3.8, 4) is 11.9 Å². The van der Waals surface area contributed by atoms with Gasteiger partial charge >= 0.3 is 0 Å². The Bertz CT molecular complexity index is 657. The van der Waals surface area contributed by atoms with Gasteiger partial charge in [-0.25, -0.2) is 4.99 Å². The van der Waals surface area contributed by atoms with Gasteiger partial charge in [0, 0.05) is 13.2 Å². The van der Waals surface area contributed by atoms with Crippen molar-refractivity contribution in [2.45, 2.75) is 6.61 Å². The van der Waals surface area contributed by atoms with Crippen molar-refractivity contribution in [2.24, 2.45) is 12.0 Å². The number of ether oxygens (including phenoxy) is 1. The Kier molecular flexibility index (Phi) is 5.23. The van der Waals surface area contributed by atoms with Crippen LogP contribution in [0.1, 0.15) is 5.69 Å². The lowest BCUT2D eigenvalue weighted by Gasteiger charge is -2.06. The lowest BCUT2D eigenvalue weighted by molar-refractivity contribution is 0.295. The summed E-state index contributed by atoms with van der Waals surface area (Å²) in [7, 11) is 1.88. The summed E-state index contributed by atoms with van der Waals surface area (Å²) in [5.41, 5.74) is 1.76. The molecule has 0 aliphatic carbocycles. The Hall–Kier alpha value is -2.46. The van der Waals surface area contributed by atoms with Crippen LogP contribution < -0.4 is 10.1 Å². The lowest BCUT2D eigenvalue weighted by atomic mass is 10.3. The highest BCUT2D eigenvalue weighted by Crippen LogP contribution is 2.20. The Morgan fingerprint density at radius 2 is 2.19 bits per heavy atom. The second-order valence-electron chi connectivity index (χ2n) is 4.09. The average molecular weight is 301 g/mol. The molecule has 2 rings (SSSR count). The van der Waals surface area contributed by atoms with E-state index in [-0.39, 0.29) is 0 Å². The van der Waals surface area contributed by atoms with Crippen molar-refractivity contribution in [3.63, 3.8) is 0 Å². The molecule has 108 valence electrons. The molecule has 0 atom stereocenters. The third-order valence-corrected chi connectivity index (χ3v) is 3.31. The maximum absolute atomic E-state index is 8.59. The Balaban J connectivity index is 1.99. The van der Waals surface area contributed by atoms with E-state index in [1.54, 1.807) is 10.9 Å². The smallest absolute Gasteiger partial charge is 0.183 e. The highest BCUT2D eigenvalue weighted by molar-refractivity contribution is 8.13. The number of benzene rings is 1. The summed E-state index contributed by atoms with van der Waals surface area (Å²) < 4.78 is 7.46. The third kappa shape index (κ3) is 4.26. The SMILES string of the molecule is CSC(=Nc1ccc(OCc2ccnn2C)cc1)NC#N. The molecule has 1 aromatic carbocycles. The van der Waals surface area contributed by atoms with Crippen molar-refractivity contribution in [2.75, 3.05) is 6.26 Å². The molecule has 0 spiro atoms. The third-order valence-electron chi connectivity index (χ3n) is 2.73. The van der Waals surface area contributed by atoms with E-state index in [0.29, 0.717) is 11.8 Å². The van der Waals surface area contributed by atoms with Gasteiger partial charge in [0.15, 0.2) is 11.4 Å². The van der Waals surface area contributed by atoms with Crippen LogP contribution in [0.15, 0.2) is 41.5 Å². The fraction of sp³-hybridized carbons (Fsp3) is 0.214. The maximum Gasteiger partial charge on any atom is 0.183 e. The van der Waals surface area contributed by atoms with Gasteiger partial charge in [-0.2, -0.15) is 10.4 Å². The number of hydrogen-bond donors (Lipinski definition) is 1. The minimum Gasteiger partial charge on any atom is -0.487 e. The normalized spacial score (nSPS) is 11.0. The number of nitrogens with zero attached hydrogens (tertiary/aromatic N) is 4. The highest BCUT2D eigenvalue weighted by Gasteiger charge is 2.01. The second-order valence-corrected chi connectivity index (χ2v) is 4.88. The van der Waals surface area contributed by atoms with E-state index in [1.165, 1.54) is 11.8 Å². The molecule has 0 amide bonds. The molecule has 21 heavy (non-hydrogen) atoms. The van der Waals surface area contributed by atoms with Gasteiger partial charge in [0.05, 0.1) is 11.4 Å². The van der Waals surface area contributed by atoms with E-state index in [0.717, 1.165) is 17.1 Å². The van der Waals surface area contributed by atoms with Crippen LogP contribution in [0.2, 0.25) is 0 Å². The first-order chi connectivity index (χ1) is 10.2. The van der Waals surface area contributed by atoms with Gasteiger partial charge < -0.3 is 4.74 Å². The molecule has 0 unspecified atom stereocenters. The minimum atomic E-state index is 0.463. The number of aryl methyl sites for hydroxylation is 1. The number of hydrogen-bond acceptors (Lipinski definition) is 5. The number of nitriles is 1. The first-order valence-electron chi connectivity index (χ1n) is 6.20. The molecule has 0 radical (unpaired) electrons. The molecular formula is C14H15N5OS.